The summed E-state index contributed by atoms with van der Waals surface area (Å²) in [6.07, 6.45) is -4.73. The van der Waals surface area contributed by atoms with E-state index in [-0.39, 0.29) is 13.0 Å². The van der Waals surface area contributed by atoms with Crippen LogP contribution in [-0.4, -0.2) is 43.0 Å². The molecule has 1 aliphatic rings. The quantitative estimate of drug-likeness (QED) is 0.777. The minimum absolute atomic E-state index is 0.235. The number of amides is 2. The number of halogens is 3. The third-order valence-corrected chi connectivity index (χ3v) is 4.46. The minimum atomic E-state index is -4.49. The second-order valence-electron chi connectivity index (χ2n) is 6.57. The number of carbonyl (C=O) groups is 2. The van der Waals surface area contributed by atoms with E-state index in [0.717, 1.165) is 0 Å². The van der Waals surface area contributed by atoms with Crippen molar-refractivity contribution >= 4 is 17.5 Å². The van der Waals surface area contributed by atoms with Crippen LogP contribution in [0.3, 0.4) is 0 Å². The maximum Gasteiger partial charge on any atom is 0.406 e. The lowest BCUT2D eigenvalue weighted by atomic mass is 10.1. The van der Waals surface area contributed by atoms with Gasteiger partial charge in [0.25, 0.3) is 0 Å². The van der Waals surface area contributed by atoms with Gasteiger partial charge in [0.2, 0.25) is 11.8 Å². The summed E-state index contributed by atoms with van der Waals surface area (Å²) in [5.41, 5.74) is 0.470. The van der Waals surface area contributed by atoms with E-state index in [0.29, 0.717) is 22.1 Å². The van der Waals surface area contributed by atoms with E-state index < -0.39 is 30.5 Å². The highest BCUT2D eigenvalue weighted by Crippen LogP contribution is 2.33. The predicted molar refractivity (Wildman–Crippen MR) is 97.1 cm³/mol. The van der Waals surface area contributed by atoms with Crippen LogP contribution < -0.4 is 9.64 Å². The summed E-state index contributed by atoms with van der Waals surface area (Å²) in [6, 6.07) is 15.9. The van der Waals surface area contributed by atoms with Gasteiger partial charge >= 0.3 is 6.18 Å². The van der Waals surface area contributed by atoms with Crippen molar-refractivity contribution in [1.29, 1.82) is 0 Å². The first-order chi connectivity index (χ1) is 13.2. The number of hydrogen-bond donors (Lipinski definition) is 0. The molecule has 0 aromatic heterocycles. The molecule has 28 heavy (non-hydrogen) atoms. The molecule has 5 nitrogen and oxygen atoms in total. The van der Waals surface area contributed by atoms with E-state index in [1.165, 1.54) is 11.9 Å². The molecule has 8 heteroatoms. The molecule has 2 amide bonds. The van der Waals surface area contributed by atoms with Crippen LogP contribution in [0.1, 0.15) is 6.42 Å². The van der Waals surface area contributed by atoms with Crippen molar-refractivity contribution in [1.82, 2.24) is 4.90 Å². The molecule has 2 aromatic carbocycles. The summed E-state index contributed by atoms with van der Waals surface area (Å²) in [5.74, 6) is -0.908. The first-order valence-corrected chi connectivity index (χ1v) is 8.68. The van der Waals surface area contributed by atoms with Crippen LogP contribution in [0.4, 0.5) is 18.9 Å². The van der Waals surface area contributed by atoms with Crippen LogP contribution in [0.25, 0.3) is 0 Å². The number of ether oxygens (including phenoxy) is 1. The summed E-state index contributed by atoms with van der Waals surface area (Å²) >= 11 is 0. The average Bonchev–Trinajstić information content (AvgIpc) is 3.00. The first kappa shape index (κ1) is 19.7. The van der Waals surface area contributed by atoms with Crippen LogP contribution in [0, 0.1) is 5.92 Å². The lowest BCUT2D eigenvalue weighted by molar-refractivity contribution is -0.157. The van der Waals surface area contributed by atoms with E-state index in [2.05, 4.69) is 0 Å². The molecule has 0 aliphatic carbocycles. The number of benzene rings is 2. The van der Waals surface area contributed by atoms with Crippen molar-refractivity contribution in [3.8, 4) is 11.5 Å². The van der Waals surface area contributed by atoms with Gasteiger partial charge < -0.3 is 14.5 Å². The van der Waals surface area contributed by atoms with E-state index in [1.807, 2.05) is 18.2 Å². The summed E-state index contributed by atoms with van der Waals surface area (Å²) in [4.78, 5) is 26.7. The molecule has 1 saturated heterocycles. The zero-order chi connectivity index (χ0) is 20.3. The highest BCUT2D eigenvalue weighted by molar-refractivity contribution is 5.99. The second-order valence-corrected chi connectivity index (χ2v) is 6.57. The molecule has 148 valence electrons. The highest BCUT2D eigenvalue weighted by Gasteiger charge is 2.41. The van der Waals surface area contributed by atoms with Gasteiger partial charge in [0.15, 0.2) is 5.75 Å². The smallest absolute Gasteiger partial charge is 0.406 e. The number of carbonyl (C=O) groups excluding carboxylic acids is 2. The van der Waals surface area contributed by atoms with Gasteiger partial charge in [0, 0.05) is 20.0 Å². The van der Waals surface area contributed by atoms with E-state index in [4.69, 9.17) is 4.74 Å². The highest BCUT2D eigenvalue weighted by atomic mass is 19.4. The molecule has 1 aliphatic heterocycles. The Morgan fingerprint density at radius 1 is 1.14 bits per heavy atom. The van der Waals surface area contributed by atoms with Gasteiger partial charge in [0.1, 0.15) is 12.3 Å². The van der Waals surface area contributed by atoms with Crippen molar-refractivity contribution in [2.45, 2.75) is 12.6 Å². The Hall–Kier alpha value is -3.03. The van der Waals surface area contributed by atoms with Crippen LogP contribution >= 0.6 is 0 Å². The third kappa shape index (κ3) is 4.62. The average molecular weight is 392 g/mol. The number of alkyl halides is 3. The molecule has 0 N–H and O–H groups in total. The molecule has 3 rings (SSSR count). The predicted octanol–water partition coefficient (Wildman–Crippen LogP) is 3.85. The van der Waals surface area contributed by atoms with Gasteiger partial charge in [-0.05, 0) is 24.3 Å². The normalized spacial score (nSPS) is 16.9. The SMILES string of the molecule is CN(C(=O)[C@H]1CC(=O)N(CC(F)(F)F)C1)c1ccccc1Oc1ccccc1. The summed E-state index contributed by atoms with van der Waals surface area (Å²) in [7, 11) is 1.52. The topological polar surface area (TPSA) is 49.9 Å². The lowest BCUT2D eigenvalue weighted by Gasteiger charge is -2.24. The zero-order valence-electron chi connectivity index (χ0n) is 15.1. The summed E-state index contributed by atoms with van der Waals surface area (Å²) in [5, 5.41) is 0. The van der Waals surface area contributed by atoms with Crippen LogP contribution in [0.2, 0.25) is 0 Å². The van der Waals surface area contributed by atoms with Crippen molar-refractivity contribution in [2.75, 3.05) is 25.0 Å². The van der Waals surface area contributed by atoms with E-state index in [9.17, 15) is 22.8 Å². The largest absolute Gasteiger partial charge is 0.455 e. The maximum atomic E-state index is 12.8. The molecular formula is C20H19F3N2O3. The summed E-state index contributed by atoms with van der Waals surface area (Å²) < 4.78 is 43.6. The Bertz CT molecular complexity index is 855. The lowest BCUT2D eigenvalue weighted by Crippen LogP contribution is -2.38. The number of nitrogens with zero attached hydrogens (tertiary/aromatic N) is 2. The Morgan fingerprint density at radius 3 is 2.46 bits per heavy atom. The van der Waals surface area contributed by atoms with Gasteiger partial charge in [-0.15, -0.1) is 0 Å². The van der Waals surface area contributed by atoms with Crippen molar-refractivity contribution in [3.63, 3.8) is 0 Å². The maximum absolute atomic E-state index is 12.8. The summed E-state index contributed by atoms with van der Waals surface area (Å²) in [6.45, 7) is -1.59. The fourth-order valence-electron chi connectivity index (χ4n) is 3.14. The molecule has 0 bridgehead atoms. The molecule has 2 aromatic rings. The molecule has 0 spiro atoms. The fraction of sp³-hybridized carbons (Fsp3) is 0.300. The standard InChI is InChI=1S/C20H19F3N2O3/c1-24(19(27)14-11-18(26)25(12-14)13-20(21,22)23)16-9-5-6-10-17(16)28-15-7-3-2-4-8-15/h2-10,14H,11-13H2,1H3/t14-/m0/s1. The number of rotatable bonds is 5. The van der Waals surface area contributed by atoms with E-state index >= 15 is 0 Å². The molecular weight excluding hydrogens is 373 g/mol. The number of para-hydroxylation sites is 3. The molecule has 0 radical (unpaired) electrons. The van der Waals surface area contributed by atoms with E-state index in [1.54, 1.807) is 36.4 Å². The van der Waals surface area contributed by atoms with Crippen molar-refractivity contribution in [3.05, 3.63) is 54.6 Å². The zero-order valence-corrected chi connectivity index (χ0v) is 15.1. The molecule has 1 atom stereocenters. The Morgan fingerprint density at radius 2 is 1.79 bits per heavy atom. The van der Waals surface area contributed by atoms with Crippen LogP contribution in [-0.2, 0) is 9.59 Å². The molecule has 1 heterocycles. The minimum Gasteiger partial charge on any atom is -0.455 e. The van der Waals surface area contributed by atoms with Gasteiger partial charge in [-0.2, -0.15) is 13.2 Å². The van der Waals surface area contributed by atoms with Gasteiger partial charge in [-0.3, -0.25) is 9.59 Å². The fourth-order valence-corrected chi connectivity index (χ4v) is 3.14. The Kier molecular flexibility index (Phi) is 5.58. The Balaban J connectivity index is 1.75. The number of anilines is 1. The van der Waals surface area contributed by atoms with Crippen molar-refractivity contribution in [2.24, 2.45) is 5.92 Å². The molecule has 1 fully saturated rings. The third-order valence-electron chi connectivity index (χ3n) is 4.46. The monoisotopic (exact) mass is 392 g/mol. The molecule has 0 saturated carbocycles. The van der Waals surface area contributed by atoms with Gasteiger partial charge in [-0.1, -0.05) is 30.3 Å². The second kappa shape index (κ2) is 7.92. The molecule has 0 unspecified atom stereocenters. The first-order valence-electron chi connectivity index (χ1n) is 8.68. The Labute approximate surface area is 160 Å². The van der Waals surface area contributed by atoms with Crippen LogP contribution in [0.15, 0.2) is 54.6 Å². The van der Waals surface area contributed by atoms with Crippen molar-refractivity contribution < 1.29 is 27.5 Å². The van der Waals surface area contributed by atoms with Crippen LogP contribution in [0.5, 0.6) is 11.5 Å². The number of likely N-dealkylation sites (tertiary alicyclic amines) is 1. The van der Waals surface area contributed by atoms with Gasteiger partial charge in [-0.25, -0.2) is 0 Å². The van der Waals surface area contributed by atoms with Gasteiger partial charge in [0.05, 0.1) is 11.6 Å². The number of hydrogen-bond acceptors (Lipinski definition) is 3.